The van der Waals surface area contributed by atoms with E-state index in [-0.39, 0.29) is 17.6 Å². The van der Waals surface area contributed by atoms with Crippen molar-refractivity contribution in [3.05, 3.63) is 59.7 Å². The summed E-state index contributed by atoms with van der Waals surface area (Å²) in [6, 6.07) is 13.8. The van der Waals surface area contributed by atoms with Gasteiger partial charge < -0.3 is 14.6 Å². The Labute approximate surface area is 197 Å². The second-order valence-electron chi connectivity index (χ2n) is 8.11. The van der Waals surface area contributed by atoms with Crippen molar-refractivity contribution in [1.82, 2.24) is 15.1 Å². The second kappa shape index (κ2) is 9.62. The number of imide groups is 1. The fraction of sp³-hybridized carbons (Fsp3) is 0.333. The van der Waals surface area contributed by atoms with Crippen molar-refractivity contribution in [2.75, 3.05) is 28.3 Å². The third-order valence-corrected chi connectivity index (χ3v) is 6.03. The first-order chi connectivity index (χ1) is 16.3. The number of likely N-dealkylation sites (N-methyl/N-ethyl adjacent to an activating group) is 2. The van der Waals surface area contributed by atoms with Crippen LogP contribution in [0.25, 0.3) is 0 Å². The van der Waals surface area contributed by atoms with Gasteiger partial charge in [-0.2, -0.15) is 0 Å². The van der Waals surface area contributed by atoms with Gasteiger partial charge in [0.05, 0.1) is 18.9 Å². The number of nitrogens with zero attached hydrogens (tertiary/aromatic N) is 4. The number of phenols is 1. The largest absolute Gasteiger partial charge is 0.508 e. The molecule has 3 unspecified atom stereocenters. The number of amides is 3. The molecule has 2 aliphatic rings. The number of hydrogen-bond acceptors (Lipinski definition) is 8. The smallest absolute Gasteiger partial charge is 0.329 e. The van der Waals surface area contributed by atoms with Gasteiger partial charge in [-0.1, -0.05) is 24.3 Å². The van der Waals surface area contributed by atoms with Crippen molar-refractivity contribution < 1.29 is 24.2 Å². The molecule has 0 saturated carbocycles. The van der Waals surface area contributed by atoms with Gasteiger partial charge in [-0.25, -0.2) is 14.8 Å². The van der Waals surface area contributed by atoms with Crippen LogP contribution < -0.4 is 10.1 Å². The quantitative estimate of drug-likeness (QED) is 0.604. The molecule has 10 heteroatoms. The first-order valence-corrected chi connectivity index (χ1v) is 10.7. The average molecular weight is 466 g/mol. The first-order valence-electron chi connectivity index (χ1n) is 10.7. The van der Waals surface area contributed by atoms with E-state index in [1.807, 2.05) is 48.3 Å². The Morgan fingerprint density at radius 3 is 2.32 bits per heavy atom. The van der Waals surface area contributed by atoms with Crippen LogP contribution in [0.2, 0.25) is 0 Å². The molecule has 0 aliphatic carbocycles. The summed E-state index contributed by atoms with van der Waals surface area (Å²) < 4.78 is 11.1. The Morgan fingerprint density at radius 1 is 1.09 bits per heavy atom. The maximum atomic E-state index is 12.4. The molecule has 0 radical (unpaired) electrons. The highest BCUT2D eigenvalue weighted by molar-refractivity contribution is 6.47. The number of ether oxygens (including phenoxy) is 2. The summed E-state index contributed by atoms with van der Waals surface area (Å²) in [5, 5.41) is 12.1. The molecular weight excluding hydrogens is 438 g/mol. The Hall–Kier alpha value is -3.76. The van der Waals surface area contributed by atoms with Crippen LogP contribution in [-0.2, 0) is 16.0 Å². The molecule has 0 aromatic heterocycles. The Morgan fingerprint density at radius 2 is 1.76 bits per heavy atom. The monoisotopic (exact) mass is 465 g/mol. The van der Waals surface area contributed by atoms with Crippen LogP contribution in [0.3, 0.4) is 0 Å². The van der Waals surface area contributed by atoms with Crippen molar-refractivity contribution in [2.24, 2.45) is 9.98 Å². The summed E-state index contributed by atoms with van der Waals surface area (Å²) in [6.45, 7) is 0. The minimum absolute atomic E-state index is 0.0452. The molecule has 0 spiro atoms. The van der Waals surface area contributed by atoms with Crippen LogP contribution in [0.1, 0.15) is 17.2 Å². The highest BCUT2D eigenvalue weighted by Gasteiger charge is 2.40. The minimum Gasteiger partial charge on any atom is -0.508 e. The number of amidine groups is 1. The summed E-state index contributed by atoms with van der Waals surface area (Å²) in [6.07, 6.45) is -0.608. The number of urea groups is 1. The van der Waals surface area contributed by atoms with Crippen LogP contribution in [0, 0.1) is 0 Å². The van der Waals surface area contributed by atoms with Gasteiger partial charge in [-0.15, -0.1) is 0 Å². The van der Waals surface area contributed by atoms with E-state index >= 15 is 0 Å². The summed E-state index contributed by atoms with van der Waals surface area (Å²) >= 11 is 0. The van der Waals surface area contributed by atoms with E-state index in [4.69, 9.17) is 14.5 Å². The van der Waals surface area contributed by atoms with Gasteiger partial charge in [0.25, 0.3) is 5.91 Å². The third-order valence-electron chi connectivity index (χ3n) is 6.03. The topological polar surface area (TPSA) is 116 Å². The lowest BCUT2D eigenvalue weighted by Crippen LogP contribution is -2.41. The number of benzene rings is 2. The summed E-state index contributed by atoms with van der Waals surface area (Å²) in [5.41, 5.74) is 2.62. The predicted molar refractivity (Wildman–Crippen MR) is 126 cm³/mol. The van der Waals surface area contributed by atoms with Gasteiger partial charge in [-0.3, -0.25) is 19.9 Å². The molecule has 178 valence electrons. The normalized spacial score (nSPS) is 22.8. The molecular formula is C24H27N5O5. The maximum absolute atomic E-state index is 12.4. The van der Waals surface area contributed by atoms with E-state index in [9.17, 15) is 14.7 Å². The number of aliphatic imine (C=N–C) groups is 2. The molecule has 2 N–H and O–H groups in total. The number of rotatable bonds is 7. The number of methoxy groups -OCH3 is 2. The molecule has 1 saturated heterocycles. The Balaban J connectivity index is 1.70. The van der Waals surface area contributed by atoms with E-state index in [1.165, 1.54) is 7.05 Å². The van der Waals surface area contributed by atoms with E-state index in [0.717, 1.165) is 27.5 Å². The van der Waals surface area contributed by atoms with Crippen LogP contribution in [0.15, 0.2) is 58.5 Å². The molecule has 3 amide bonds. The number of aromatic hydroxyl groups is 1. The van der Waals surface area contributed by atoms with Crippen molar-refractivity contribution in [3.8, 4) is 11.5 Å². The zero-order valence-corrected chi connectivity index (χ0v) is 19.4. The zero-order chi connectivity index (χ0) is 24.4. The molecule has 2 aromatic carbocycles. The van der Waals surface area contributed by atoms with Gasteiger partial charge in [0.2, 0.25) is 0 Å². The maximum Gasteiger partial charge on any atom is 0.329 e. The second-order valence-corrected chi connectivity index (χ2v) is 8.11. The highest BCUT2D eigenvalue weighted by Crippen LogP contribution is 2.31. The molecule has 0 bridgehead atoms. The number of carbonyl (C=O) groups is 2. The predicted octanol–water partition coefficient (Wildman–Crippen LogP) is 1.95. The fourth-order valence-electron chi connectivity index (χ4n) is 4.05. The zero-order valence-electron chi connectivity index (χ0n) is 19.4. The van der Waals surface area contributed by atoms with Crippen molar-refractivity contribution >= 4 is 23.5 Å². The molecule has 10 nitrogen and oxygen atoms in total. The molecule has 34 heavy (non-hydrogen) atoms. The Bertz CT molecular complexity index is 1130. The van der Waals surface area contributed by atoms with Gasteiger partial charge in [-0.05, 0) is 48.9 Å². The van der Waals surface area contributed by atoms with E-state index in [0.29, 0.717) is 6.42 Å². The molecule has 1 fully saturated rings. The van der Waals surface area contributed by atoms with Crippen LogP contribution >= 0.6 is 0 Å². The van der Waals surface area contributed by atoms with Crippen molar-refractivity contribution in [2.45, 2.75) is 24.9 Å². The summed E-state index contributed by atoms with van der Waals surface area (Å²) in [5.74, 6) is 0.370. The van der Waals surface area contributed by atoms with Gasteiger partial charge >= 0.3 is 6.03 Å². The fourth-order valence-corrected chi connectivity index (χ4v) is 4.05. The number of phenolic OH excluding ortho intramolecular Hbond substituents is 1. The van der Waals surface area contributed by atoms with Crippen LogP contribution in [0.4, 0.5) is 4.79 Å². The van der Waals surface area contributed by atoms with Crippen LogP contribution in [0.5, 0.6) is 11.5 Å². The van der Waals surface area contributed by atoms with Crippen molar-refractivity contribution in [1.29, 1.82) is 0 Å². The van der Waals surface area contributed by atoms with E-state index < -0.39 is 24.3 Å². The average Bonchev–Trinajstić information content (AvgIpc) is 3.27. The van der Waals surface area contributed by atoms with E-state index in [2.05, 4.69) is 10.3 Å². The number of carbonyl (C=O) groups excluding carboxylic acids is 2. The summed E-state index contributed by atoms with van der Waals surface area (Å²) in [4.78, 5) is 36.4. The minimum atomic E-state index is -0.723. The molecule has 4 rings (SSSR count). The van der Waals surface area contributed by atoms with E-state index in [1.54, 1.807) is 26.4 Å². The standard InChI is InChI=1S/C24H27N5O5/c1-28-18(13-14-5-9-16(30)10-6-14)19(20(34-4)15-7-11-17(33-3)12-8-15)25-23(28)26-21-22(31)29(2)24(32)27-21/h5-12,18,20,23,30H,13H2,1-4H3,(H,26,27,32). The van der Waals surface area contributed by atoms with Crippen LogP contribution in [-0.4, -0.2) is 79.0 Å². The molecule has 3 atom stereocenters. The molecule has 2 heterocycles. The van der Waals surface area contributed by atoms with Gasteiger partial charge in [0, 0.05) is 14.2 Å². The SMILES string of the molecule is COc1ccc(C(OC)C2=NC(N=C3NC(=O)N(C)C3=O)N(C)C2Cc2ccc(O)cc2)cc1. The number of nitrogens with one attached hydrogen (secondary N) is 1. The lowest BCUT2D eigenvalue weighted by Gasteiger charge is -2.27. The lowest BCUT2D eigenvalue weighted by atomic mass is 9.94. The Kier molecular flexibility index (Phi) is 6.62. The number of hydrogen-bond donors (Lipinski definition) is 2. The molecule has 2 aliphatic heterocycles. The van der Waals surface area contributed by atoms with Gasteiger partial charge in [0.15, 0.2) is 12.1 Å². The first kappa shape index (κ1) is 23.4. The molecule has 2 aromatic rings. The van der Waals surface area contributed by atoms with Gasteiger partial charge in [0.1, 0.15) is 17.6 Å². The lowest BCUT2D eigenvalue weighted by molar-refractivity contribution is -0.119. The van der Waals surface area contributed by atoms with Crippen molar-refractivity contribution in [3.63, 3.8) is 0 Å². The summed E-state index contributed by atoms with van der Waals surface area (Å²) in [7, 11) is 6.48. The third kappa shape index (κ3) is 4.50. The highest BCUT2D eigenvalue weighted by atomic mass is 16.5.